The summed E-state index contributed by atoms with van der Waals surface area (Å²) in [6, 6.07) is 0. The summed E-state index contributed by atoms with van der Waals surface area (Å²) in [5.74, 6) is 0. The Morgan fingerprint density at radius 3 is 0.500 bits per heavy atom. The molecule has 0 aliphatic rings. The molecule has 0 saturated carbocycles. The van der Waals surface area contributed by atoms with Gasteiger partial charge in [-0.25, -0.2) is 19.6 Å². The fourth-order valence-corrected chi connectivity index (χ4v) is 0. The SMILES string of the molecule is COO.COO.COO.COO.[Ti].[Ti]. The van der Waals surface area contributed by atoms with Crippen molar-refractivity contribution in [1.29, 1.82) is 0 Å². The first kappa shape index (κ1) is 36.2. The van der Waals surface area contributed by atoms with Gasteiger partial charge >= 0.3 is 0 Å². The molecule has 4 N–H and O–H groups in total. The van der Waals surface area contributed by atoms with Gasteiger partial charge in [-0.15, -0.1) is 0 Å². The van der Waals surface area contributed by atoms with Gasteiger partial charge in [-0.2, -0.15) is 0 Å². The van der Waals surface area contributed by atoms with E-state index in [0.29, 0.717) is 0 Å². The first-order valence-electron chi connectivity index (χ1n) is 2.36. The maximum Gasteiger partial charge on any atom is 0.0710 e. The van der Waals surface area contributed by atoms with Crippen molar-refractivity contribution in [2.45, 2.75) is 0 Å². The Bertz CT molecular complexity index is 27.3. The first-order chi connectivity index (χ1) is 5.66. The Labute approximate surface area is 112 Å². The van der Waals surface area contributed by atoms with Crippen molar-refractivity contribution >= 4 is 0 Å². The maximum absolute atomic E-state index is 7.07. The van der Waals surface area contributed by atoms with Crippen LogP contribution in [-0.2, 0) is 63.0 Å². The standard InChI is InChI=1S/4CH4O2.2Ti/c4*1-3-2;;/h4*2H,1H3;;. The van der Waals surface area contributed by atoms with E-state index in [4.69, 9.17) is 21.0 Å². The van der Waals surface area contributed by atoms with Crippen LogP contribution in [0.2, 0.25) is 0 Å². The van der Waals surface area contributed by atoms with Crippen molar-refractivity contribution in [2.75, 3.05) is 28.4 Å². The van der Waals surface area contributed by atoms with Gasteiger partial charge in [0.1, 0.15) is 0 Å². The quantitative estimate of drug-likeness (QED) is 0.288. The zero-order valence-corrected chi connectivity index (χ0v) is 11.5. The molecule has 0 aliphatic heterocycles. The van der Waals surface area contributed by atoms with Crippen LogP contribution in [0.4, 0.5) is 0 Å². The van der Waals surface area contributed by atoms with Crippen molar-refractivity contribution in [3.05, 3.63) is 0 Å². The third-order valence-corrected chi connectivity index (χ3v) is 0. The smallest absolute Gasteiger partial charge is 0.0710 e. The Morgan fingerprint density at radius 2 is 0.500 bits per heavy atom. The van der Waals surface area contributed by atoms with Crippen LogP contribution >= 0.6 is 0 Å². The van der Waals surface area contributed by atoms with Gasteiger partial charge in [0.05, 0.1) is 28.4 Å². The summed E-state index contributed by atoms with van der Waals surface area (Å²) in [5, 5.41) is 28.3. The molecular weight excluding hydrogens is 272 g/mol. The van der Waals surface area contributed by atoms with Crippen molar-refractivity contribution < 1.29 is 84.0 Å². The molecule has 88 valence electrons. The fourth-order valence-electron chi connectivity index (χ4n) is 0. The number of rotatable bonds is 0. The van der Waals surface area contributed by atoms with Crippen molar-refractivity contribution in [3.63, 3.8) is 0 Å². The van der Waals surface area contributed by atoms with Crippen LogP contribution in [0.25, 0.3) is 0 Å². The van der Waals surface area contributed by atoms with Crippen LogP contribution < -0.4 is 0 Å². The minimum atomic E-state index is 0. The van der Waals surface area contributed by atoms with Gasteiger partial charge in [0.2, 0.25) is 0 Å². The summed E-state index contributed by atoms with van der Waals surface area (Å²) in [6.45, 7) is 0. The normalized spacial score (nSPS) is 5.14. The second kappa shape index (κ2) is 92.9. The molecule has 8 nitrogen and oxygen atoms in total. The van der Waals surface area contributed by atoms with Crippen LogP contribution in [0, 0.1) is 0 Å². The van der Waals surface area contributed by atoms with Crippen LogP contribution in [0.3, 0.4) is 0 Å². The molecule has 0 unspecified atom stereocenters. The zero-order valence-electron chi connectivity index (χ0n) is 8.42. The van der Waals surface area contributed by atoms with Crippen molar-refractivity contribution in [2.24, 2.45) is 0 Å². The molecule has 0 aromatic heterocycles. The minimum absolute atomic E-state index is 0. The van der Waals surface area contributed by atoms with Crippen LogP contribution in [0.15, 0.2) is 0 Å². The van der Waals surface area contributed by atoms with E-state index in [-0.39, 0.29) is 43.4 Å². The molecule has 0 heterocycles. The third-order valence-electron chi connectivity index (χ3n) is 0. The van der Waals surface area contributed by atoms with E-state index < -0.39 is 0 Å². The molecule has 0 radical (unpaired) electrons. The van der Waals surface area contributed by atoms with Gasteiger partial charge < -0.3 is 0 Å². The summed E-state index contributed by atoms with van der Waals surface area (Å²) >= 11 is 0. The second-order valence-corrected chi connectivity index (χ2v) is 0.730. The van der Waals surface area contributed by atoms with E-state index in [9.17, 15) is 0 Å². The molecule has 0 saturated heterocycles. The first-order valence-corrected chi connectivity index (χ1v) is 2.36. The fraction of sp³-hybridized carbons (Fsp3) is 1.00. The molecule has 0 aromatic carbocycles. The van der Waals surface area contributed by atoms with E-state index in [1.165, 1.54) is 28.4 Å². The van der Waals surface area contributed by atoms with E-state index >= 15 is 0 Å². The molecule has 10 heteroatoms. The van der Waals surface area contributed by atoms with E-state index in [1.807, 2.05) is 0 Å². The van der Waals surface area contributed by atoms with Gasteiger partial charge in [0.25, 0.3) is 0 Å². The zero-order chi connectivity index (χ0) is 10.8. The number of hydrogen-bond acceptors (Lipinski definition) is 8. The third kappa shape index (κ3) is 1560. The van der Waals surface area contributed by atoms with E-state index in [0.717, 1.165) is 0 Å². The largest absolute Gasteiger partial charge is 0.252 e. The molecule has 0 aromatic rings. The molecule has 14 heavy (non-hydrogen) atoms. The van der Waals surface area contributed by atoms with Crippen LogP contribution in [0.5, 0.6) is 0 Å². The van der Waals surface area contributed by atoms with Gasteiger partial charge in [-0.1, -0.05) is 0 Å². The molecule has 0 fully saturated rings. The average molecular weight is 288 g/mol. The Balaban J connectivity index is -0.0000000145. The van der Waals surface area contributed by atoms with Gasteiger partial charge in [0, 0.05) is 43.4 Å². The minimum Gasteiger partial charge on any atom is -0.252 e. The van der Waals surface area contributed by atoms with E-state index in [2.05, 4.69) is 19.6 Å². The van der Waals surface area contributed by atoms with Gasteiger partial charge in [-0.05, 0) is 0 Å². The summed E-state index contributed by atoms with van der Waals surface area (Å²) in [7, 11) is 4.72. The maximum atomic E-state index is 7.07. The average Bonchev–Trinajstić information content (AvgIpc) is 1.92. The number of hydrogen-bond donors (Lipinski definition) is 4. The molecular formula is C4H16O8Ti2. The Morgan fingerprint density at radius 1 is 0.500 bits per heavy atom. The molecule has 0 spiro atoms. The van der Waals surface area contributed by atoms with Crippen molar-refractivity contribution in [1.82, 2.24) is 0 Å². The topological polar surface area (TPSA) is 118 Å². The molecule has 0 atom stereocenters. The summed E-state index contributed by atoms with van der Waals surface area (Å²) in [6.07, 6.45) is 0. The molecule has 0 bridgehead atoms. The Hall–Kier alpha value is 1.11. The van der Waals surface area contributed by atoms with Crippen LogP contribution in [-0.4, -0.2) is 49.5 Å². The summed E-state index contributed by atoms with van der Waals surface area (Å²) in [5.41, 5.74) is 0. The van der Waals surface area contributed by atoms with Gasteiger partial charge in [0.15, 0.2) is 0 Å². The predicted molar refractivity (Wildman–Crippen MR) is 38.6 cm³/mol. The molecule has 0 aliphatic carbocycles. The Kier molecular flexibility index (Phi) is 241. The molecule has 0 rings (SSSR count). The van der Waals surface area contributed by atoms with E-state index in [1.54, 1.807) is 0 Å². The molecule has 0 amide bonds. The summed E-state index contributed by atoms with van der Waals surface area (Å²) in [4.78, 5) is 13.0. The van der Waals surface area contributed by atoms with Crippen molar-refractivity contribution in [3.8, 4) is 0 Å². The van der Waals surface area contributed by atoms with Gasteiger partial charge in [-0.3, -0.25) is 21.0 Å². The second-order valence-electron chi connectivity index (χ2n) is 0.730. The summed E-state index contributed by atoms with van der Waals surface area (Å²) < 4.78 is 0. The monoisotopic (exact) mass is 288 g/mol. The van der Waals surface area contributed by atoms with Crippen LogP contribution in [0.1, 0.15) is 0 Å². The predicted octanol–water partition coefficient (Wildman–Crippen LogP) is 0.418.